The molecule has 1 aromatic heterocycles. The van der Waals surface area contributed by atoms with Crippen LogP contribution in [0.1, 0.15) is 44.4 Å². The van der Waals surface area contributed by atoms with Crippen LogP contribution in [-0.4, -0.2) is 23.8 Å². The number of nitrogens with one attached hydrogen (secondary N) is 2. The molecule has 0 saturated heterocycles. The van der Waals surface area contributed by atoms with Crippen molar-refractivity contribution in [1.82, 2.24) is 15.5 Å². The van der Waals surface area contributed by atoms with Gasteiger partial charge in [0.1, 0.15) is 0 Å². The Balaban J connectivity index is 1.66. The van der Waals surface area contributed by atoms with E-state index in [1.807, 2.05) is 7.05 Å². The number of nitrogens with zero attached hydrogens (tertiary/aromatic N) is 2. The van der Waals surface area contributed by atoms with Gasteiger partial charge in [-0.15, -0.1) is 5.10 Å². The first kappa shape index (κ1) is 12.4. The largest absolute Gasteiger partial charge is 0.407 e. The Bertz CT molecular complexity index is 320. The fourth-order valence-corrected chi connectivity index (χ4v) is 2.41. The SMILES string of the molecule is CNCc1nnc(NCCC2CCCCC2)o1. The van der Waals surface area contributed by atoms with Crippen LogP contribution in [0.4, 0.5) is 6.01 Å². The number of aromatic nitrogens is 2. The molecule has 1 aliphatic rings. The maximum absolute atomic E-state index is 5.42. The summed E-state index contributed by atoms with van der Waals surface area (Å²) < 4.78 is 5.42. The van der Waals surface area contributed by atoms with Gasteiger partial charge in [0.25, 0.3) is 0 Å². The molecule has 5 heteroatoms. The number of rotatable bonds is 6. The molecule has 1 aliphatic carbocycles. The van der Waals surface area contributed by atoms with Crippen LogP contribution in [0.15, 0.2) is 4.42 Å². The molecular weight excluding hydrogens is 216 g/mol. The summed E-state index contributed by atoms with van der Waals surface area (Å²) >= 11 is 0. The highest BCUT2D eigenvalue weighted by Gasteiger charge is 2.13. The smallest absolute Gasteiger partial charge is 0.315 e. The maximum Gasteiger partial charge on any atom is 0.315 e. The molecule has 0 amide bonds. The molecule has 1 heterocycles. The molecule has 1 aromatic rings. The lowest BCUT2D eigenvalue weighted by molar-refractivity contribution is 0.344. The fourth-order valence-electron chi connectivity index (χ4n) is 2.41. The van der Waals surface area contributed by atoms with Crippen LogP contribution in [0.5, 0.6) is 0 Å². The van der Waals surface area contributed by atoms with Crippen molar-refractivity contribution in [2.24, 2.45) is 5.92 Å². The van der Waals surface area contributed by atoms with E-state index in [-0.39, 0.29) is 0 Å². The number of anilines is 1. The van der Waals surface area contributed by atoms with E-state index in [9.17, 15) is 0 Å². The van der Waals surface area contributed by atoms with Gasteiger partial charge >= 0.3 is 6.01 Å². The molecule has 1 fully saturated rings. The lowest BCUT2D eigenvalue weighted by atomic mass is 9.87. The fraction of sp³-hybridized carbons (Fsp3) is 0.833. The zero-order valence-corrected chi connectivity index (χ0v) is 10.5. The highest BCUT2D eigenvalue weighted by atomic mass is 16.4. The summed E-state index contributed by atoms with van der Waals surface area (Å²) in [5.74, 6) is 1.52. The van der Waals surface area contributed by atoms with Gasteiger partial charge in [-0.25, -0.2) is 0 Å². The van der Waals surface area contributed by atoms with E-state index >= 15 is 0 Å². The van der Waals surface area contributed by atoms with Gasteiger partial charge in [0.2, 0.25) is 5.89 Å². The van der Waals surface area contributed by atoms with Gasteiger partial charge in [-0.05, 0) is 19.4 Å². The van der Waals surface area contributed by atoms with Gasteiger partial charge in [-0.1, -0.05) is 37.2 Å². The van der Waals surface area contributed by atoms with Gasteiger partial charge in [0.05, 0.1) is 6.54 Å². The molecule has 0 unspecified atom stereocenters. The Morgan fingerprint density at radius 2 is 2.06 bits per heavy atom. The highest BCUT2D eigenvalue weighted by molar-refractivity contribution is 5.16. The summed E-state index contributed by atoms with van der Waals surface area (Å²) in [7, 11) is 1.86. The van der Waals surface area contributed by atoms with Crippen LogP contribution >= 0.6 is 0 Å². The predicted molar refractivity (Wildman–Crippen MR) is 66.7 cm³/mol. The third kappa shape index (κ3) is 4.00. The standard InChI is InChI=1S/C12H22N4O/c1-13-9-11-15-16-12(17-11)14-8-7-10-5-3-2-4-6-10/h10,13H,2-9H2,1H3,(H,14,16). The Morgan fingerprint density at radius 3 is 2.82 bits per heavy atom. The zero-order valence-electron chi connectivity index (χ0n) is 10.5. The van der Waals surface area contributed by atoms with Gasteiger partial charge in [-0.2, -0.15) is 0 Å². The van der Waals surface area contributed by atoms with E-state index in [2.05, 4.69) is 20.8 Å². The Hall–Kier alpha value is -1.10. The lowest BCUT2D eigenvalue weighted by Gasteiger charge is -2.21. The Kier molecular flexibility index (Phi) is 4.79. The maximum atomic E-state index is 5.42. The monoisotopic (exact) mass is 238 g/mol. The van der Waals surface area contributed by atoms with Gasteiger partial charge in [0.15, 0.2) is 0 Å². The average molecular weight is 238 g/mol. The van der Waals surface area contributed by atoms with Crippen LogP contribution in [0, 0.1) is 5.92 Å². The van der Waals surface area contributed by atoms with Gasteiger partial charge in [-0.3, -0.25) is 0 Å². The van der Waals surface area contributed by atoms with Crippen molar-refractivity contribution < 1.29 is 4.42 Å². The Morgan fingerprint density at radius 1 is 1.24 bits per heavy atom. The third-order valence-corrected chi connectivity index (χ3v) is 3.35. The molecule has 0 bridgehead atoms. The number of hydrogen-bond acceptors (Lipinski definition) is 5. The highest BCUT2D eigenvalue weighted by Crippen LogP contribution is 2.26. The van der Waals surface area contributed by atoms with Crippen molar-refractivity contribution in [2.45, 2.75) is 45.1 Å². The first-order valence-corrected chi connectivity index (χ1v) is 6.59. The summed E-state index contributed by atoms with van der Waals surface area (Å²) in [6, 6.07) is 0.547. The summed E-state index contributed by atoms with van der Waals surface area (Å²) in [4.78, 5) is 0. The summed E-state index contributed by atoms with van der Waals surface area (Å²) in [6.45, 7) is 1.56. The van der Waals surface area contributed by atoms with E-state index in [4.69, 9.17) is 4.42 Å². The van der Waals surface area contributed by atoms with Crippen molar-refractivity contribution in [2.75, 3.05) is 18.9 Å². The van der Waals surface area contributed by atoms with Gasteiger partial charge < -0.3 is 15.1 Å². The second kappa shape index (κ2) is 6.59. The lowest BCUT2D eigenvalue weighted by Crippen LogP contribution is -2.12. The van der Waals surface area contributed by atoms with E-state index in [0.29, 0.717) is 18.5 Å². The molecule has 2 N–H and O–H groups in total. The minimum absolute atomic E-state index is 0.547. The quantitative estimate of drug-likeness (QED) is 0.795. The molecule has 17 heavy (non-hydrogen) atoms. The van der Waals surface area contributed by atoms with Crippen LogP contribution in [-0.2, 0) is 6.54 Å². The minimum Gasteiger partial charge on any atom is -0.407 e. The van der Waals surface area contributed by atoms with Crippen molar-refractivity contribution in [3.8, 4) is 0 Å². The molecule has 5 nitrogen and oxygen atoms in total. The van der Waals surface area contributed by atoms with E-state index in [0.717, 1.165) is 12.5 Å². The first-order chi connectivity index (χ1) is 8.38. The molecule has 0 spiro atoms. The molecular formula is C12H22N4O. The second-order valence-electron chi connectivity index (χ2n) is 4.75. The molecule has 0 aromatic carbocycles. The molecule has 0 atom stereocenters. The topological polar surface area (TPSA) is 63.0 Å². The van der Waals surface area contributed by atoms with Crippen molar-refractivity contribution in [1.29, 1.82) is 0 Å². The van der Waals surface area contributed by atoms with Crippen LogP contribution in [0.3, 0.4) is 0 Å². The van der Waals surface area contributed by atoms with Crippen molar-refractivity contribution in [3.05, 3.63) is 5.89 Å². The van der Waals surface area contributed by atoms with Crippen LogP contribution in [0.25, 0.3) is 0 Å². The summed E-state index contributed by atoms with van der Waals surface area (Å²) in [6.07, 6.45) is 8.20. The van der Waals surface area contributed by atoms with Crippen LogP contribution in [0.2, 0.25) is 0 Å². The minimum atomic E-state index is 0.547. The normalized spacial score (nSPS) is 17.2. The third-order valence-electron chi connectivity index (χ3n) is 3.35. The Labute approximate surface area is 102 Å². The van der Waals surface area contributed by atoms with Crippen molar-refractivity contribution >= 4 is 6.01 Å². The second-order valence-corrected chi connectivity index (χ2v) is 4.75. The predicted octanol–water partition coefficient (Wildman–Crippen LogP) is 2.17. The molecule has 2 rings (SSSR count). The summed E-state index contributed by atoms with van der Waals surface area (Å²) in [5, 5.41) is 14.1. The average Bonchev–Trinajstić information content (AvgIpc) is 2.79. The molecule has 0 aliphatic heterocycles. The van der Waals surface area contributed by atoms with Crippen molar-refractivity contribution in [3.63, 3.8) is 0 Å². The van der Waals surface area contributed by atoms with E-state index in [1.54, 1.807) is 0 Å². The zero-order chi connectivity index (χ0) is 11.9. The van der Waals surface area contributed by atoms with E-state index < -0.39 is 0 Å². The molecule has 0 radical (unpaired) electrons. The van der Waals surface area contributed by atoms with E-state index in [1.165, 1.54) is 38.5 Å². The molecule has 1 saturated carbocycles. The van der Waals surface area contributed by atoms with Gasteiger partial charge in [0, 0.05) is 6.54 Å². The molecule has 96 valence electrons. The van der Waals surface area contributed by atoms with Crippen LogP contribution < -0.4 is 10.6 Å². The number of hydrogen-bond donors (Lipinski definition) is 2. The summed E-state index contributed by atoms with van der Waals surface area (Å²) in [5.41, 5.74) is 0. The first-order valence-electron chi connectivity index (χ1n) is 6.59.